The Morgan fingerprint density at radius 2 is 2.43 bits per heavy atom. The molecule has 1 N–H and O–H groups in total. The summed E-state index contributed by atoms with van der Waals surface area (Å²) >= 11 is 3.89. The van der Waals surface area contributed by atoms with Crippen LogP contribution in [-0.2, 0) is 14.3 Å². The minimum absolute atomic E-state index is 0.00849. The number of carboxylic acid groups (broad SMARTS) is 1. The number of hydrogen-bond donors (Lipinski definition) is 2. The smallest absolute Gasteiger partial charge is 0.355 e. The third-order valence-electron chi connectivity index (χ3n) is 2.92. The van der Waals surface area contributed by atoms with Crippen LogP contribution >= 0.6 is 12.6 Å². The maximum Gasteiger partial charge on any atom is 0.355 e. The molecule has 2 atom stereocenters. The van der Waals surface area contributed by atoms with Crippen molar-refractivity contribution in [2.45, 2.75) is 29.9 Å². The summed E-state index contributed by atoms with van der Waals surface area (Å²) < 4.78 is 10.1. The third kappa shape index (κ3) is 6.80. The van der Waals surface area contributed by atoms with E-state index in [9.17, 15) is 14.9 Å². The lowest BCUT2D eigenvalue weighted by molar-refractivity contribution is -0.771. The molecule has 1 fully saturated rings. The molecule has 0 bridgehead atoms. The molecular formula is C13H18N2O7S. The van der Waals surface area contributed by atoms with E-state index in [4.69, 9.17) is 14.6 Å². The van der Waals surface area contributed by atoms with Crippen LogP contribution in [0.5, 0.6) is 0 Å². The Balaban J connectivity index is 0.000000238. The summed E-state index contributed by atoms with van der Waals surface area (Å²) in [7, 11) is 1.48. The first-order valence-electron chi connectivity index (χ1n) is 6.74. The van der Waals surface area contributed by atoms with Crippen LogP contribution in [0.3, 0.4) is 0 Å². The number of aromatic carboxylic acids is 1. The molecule has 0 radical (unpaired) electrons. The van der Waals surface area contributed by atoms with Crippen molar-refractivity contribution in [2.24, 2.45) is 0 Å². The second-order valence-electron chi connectivity index (χ2n) is 4.55. The van der Waals surface area contributed by atoms with Gasteiger partial charge in [-0.3, -0.25) is 0 Å². The number of rotatable bonds is 6. The van der Waals surface area contributed by atoms with Gasteiger partial charge in [0.2, 0.25) is 0 Å². The van der Waals surface area contributed by atoms with E-state index in [0.29, 0.717) is 11.5 Å². The number of carbonyl (C=O) groups is 1. The number of methoxy groups -OCH3 is 1. The van der Waals surface area contributed by atoms with Crippen molar-refractivity contribution in [3.8, 4) is 0 Å². The monoisotopic (exact) mass is 346 g/mol. The predicted molar refractivity (Wildman–Crippen MR) is 81.2 cm³/mol. The fourth-order valence-electron chi connectivity index (χ4n) is 1.94. The van der Waals surface area contributed by atoms with Gasteiger partial charge in [-0.1, -0.05) is 0 Å². The molecule has 2 heterocycles. The van der Waals surface area contributed by atoms with E-state index in [2.05, 4.69) is 22.5 Å². The Kier molecular flexibility index (Phi) is 8.30. The molecule has 0 aliphatic carbocycles. The third-order valence-corrected chi connectivity index (χ3v) is 3.28. The van der Waals surface area contributed by atoms with Crippen LogP contribution in [0.2, 0.25) is 0 Å². The molecule has 1 aliphatic heterocycles. The highest BCUT2D eigenvalue weighted by Crippen LogP contribution is 2.18. The van der Waals surface area contributed by atoms with Crippen LogP contribution in [0.25, 0.3) is 0 Å². The average Bonchev–Trinajstić information content (AvgIpc) is 3.01. The van der Waals surface area contributed by atoms with E-state index < -0.39 is 17.2 Å². The molecule has 1 saturated heterocycles. The zero-order chi connectivity index (χ0) is 17.2. The Bertz CT molecular complexity index is 523. The molecule has 9 nitrogen and oxygen atoms in total. The molecule has 0 aromatic carbocycles. The molecular weight excluding hydrogens is 328 g/mol. The summed E-state index contributed by atoms with van der Waals surface area (Å²) in [4.78, 5) is 28.9. The number of aromatic nitrogens is 1. The summed E-state index contributed by atoms with van der Waals surface area (Å²) in [6, 6.07) is 3.22. The van der Waals surface area contributed by atoms with Crippen LogP contribution in [-0.4, -0.2) is 53.7 Å². The minimum atomic E-state index is -1.05. The number of nitrogens with zero attached hydrogens (tertiary/aromatic N) is 2. The van der Waals surface area contributed by atoms with Crippen LogP contribution in [0.15, 0.2) is 23.2 Å². The first-order chi connectivity index (χ1) is 11.0. The summed E-state index contributed by atoms with van der Waals surface area (Å²) in [5.74, 6) is -1.05. The Labute approximate surface area is 138 Å². The quantitative estimate of drug-likeness (QED) is 0.451. The molecule has 0 spiro atoms. The van der Waals surface area contributed by atoms with Gasteiger partial charge in [0.25, 0.3) is 5.09 Å². The lowest BCUT2D eigenvalue weighted by Crippen LogP contribution is -2.34. The maximum atomic E-state index is 10.3. The summed E-state index contributed by atoms with van der Waals surface area (Å²) in [6.07, 6.45) is 2.34. The van der Waals surface area contributed by atoms with Crippen molar-refractivity contribution in [1.29, 1.82) is 0 Å². The lowest BCUT2D eigenvalue weighted by Gasteiger charge is -2.19. The van der Waals surface area contributed by atoms with Gasteiger partial charge < -0.3 is 19.4 Å². The first-order valence-corrected chi connectivity index (χ1v) is 7.19. The van der Waals surface area contributed by atoms with Crippen molar-refractivity contribution in [2.75, 3.05) is 20.3 Å². The summed E-state index contributed by atoms with van der Waals surface area (Å²) in [5, 5.41) is 17.8. The molecule has 10 heteroatoms. The molecule has 0 amide bonds. The predicted octanol–water partition coefficient (Wildman–Crippen LogP) is 1.46. The highest BCUT2D eigenvalue weighted by atomic mass is 32.1. The number of thiol groups is 1. The second kappa shape index (κ2) is 9.98. The average molecular weight is 346 g/mol. The molecule has 1 aromatic rings. The molecule has 1 unspecified atom stereocenters. The van der Waals surface area contributed by atoms with E-state index in [-0.39, 0.29) is 18.4 Å². The molecule has 1 aliphatic rings. The highest BCUT2D eigenvalue weighted by molar-refractivity contribution is 7.80. The van der Waals surface area contributed by atoms with Gasteiger partial charge in [-0.05, 0) is 25.0 Å². The van der Waals surface area contributed by atoms with Gasteiger partial charge in [0.05, 0.1) is 12.7 Å². The maximum absolute atomic E-state index is 10.3. The number of ether oxygens (including phenoxy) is 2. The summed E-state index contributed by atoms with van der Waals surface area (Å²) in [5.41, 5.74) is -0.00849. The van der Waals surface area contributed by atoms with Crippen LogP contribution in [0, 0.1) is 10.1 Å². The number of pyridine rings is 1. The van der Waals surface area contributed by atoms with Crippen molar-refractivity contribution in [3.63, 3.8) is 0 Å². The van der Waals surface area contributed by atoms with Gasteiger partial charge in [-0.15, -0.1) is 22.7 Å². The largest absolute Gasteiger partial charge is 0.476 e. The van der Waals surface area contributed by atoms with Crippen molar-refractivity contribution < 1.29 is 29.3 Å². The van der Waals surface area contributed by atoms with Gasteiger partial charge in [0.15, 0.2) is 11.8 Å². The topological polar surface area (TPSA) is 121 Å². The van der Waals surface area contributed by atoms with Gasteiger partial charge in [-0.25, -0.2) is 9.78 Å². The number of carboxylic acids is 1. The fraction of sp³-hybridized carbons (Fsp3) is 0.538. The van der Waals surface area contributed by atoms with Gasteiger partial charge in [0.1, 0.15) is 0 Å². The van der Waals surface area contributed by atoms with Gasteiger partial charge in [0, 0.05) is 24.8 Å². The van der Waals surface area contributed by atoms with Crippen molar-refractivity contribution in [3.05, 3.63) is 34.1 Å². The Hall–Kier alpha value is -1.91. The molecule has 2 rings (SSSR count). The van der Waals surface area contributed by atoms with Crippen LogP contribution in [0.4, 0.5) is 0 Å². The zero-order valence-electron chi connectivity index (χ0n) is 12.5. The second-order valence-corrected chi connectivity index (χ2v) is 5.03. The van der Waals surface area contributed by atoms with Crippen LogP contribution < -0.4 is 0 Å². The van der Waals surface area contributed by atoms with E-state index >= 15 is 0 Å². The van der Waals surface area contributed by atoms with E-state index in [1.165, 1.54) is 13.3 Å². The van der Waals surface area contributed by atoms with E-state index in [0.717, 1.165) is 12.8 Å². The zero-order valence-corrected chi connectivity index (χ0v) is 13.3. The first kappa shape index (κ1) is 19.1. The lowest BCUT2D eigenvalue weighted by atomic mass is 10.1. The molecule has 128 valence electrons. The van der Waals surface area contributed by atoms with E-state index in [1.54, 1.807) is 12.1 Å². The normalized spacial score (nSPS) is 17.7. The van der Waals surface area contributed by atoms with Crippen LogP contribution in [0.1, 0.15) is 23.3 Å². The standard InChI is InChI=1S/C7H13NO5.C6H5NO2S/c1-11-5-7(13-8(9)10)6-3-2-4-12-6;8-6(9)5-4(10)2-1-3-7-5/h6-7H,2-5H2,1H3;1-3,10H,(H,8,9)/t6-,7?;/m0./s1. The van der Waals surface area contributed by atoms with Crippen molar-refractivity contribution >= 4 is 18.6 Å². The van der Waals surface area contributed by atoms with Gasteiger partial charge in [-0.2, -0.15) is 0 Å². The molecule has 1 aromatic heterocycles. The molecule has 23 heavy (non-hydrogen) atoms. The summed E-state index contributed by atoms with van der Waals surface area (Å²) in [6.45, 7) is 0.831. The van der Waals surface area contributed by atoms with Crippen molar-refractivity contribution in [1.82, 2.24) is 4.98 Å². The van der Waals surface area contributed by atoms with E-state index in [1.807, 2.05) is 0 Å². The minimum Gasteiger partial charge on any atom is -0.476 e. The number of hydrogen-bond acceptors (Lipinski definition) is 8. The molecule has 0 saturated carbocycles. The Morgan fingerprint density at radius 1 is 1.70 bits per heavy atom. The fourth-order valence-corrected chi connectivity index (χ4v) is 2.18. The van der Waals surface area contributed by atoms with Gasteiger partial charge >= 0.3 is 5.97 Å². The Morgan fingerprint density at radius 3 is 2.87 bits per heavy atom. The SMILES string of the molecule is COCC(O[N+](=O)[O-])[C@@H]1CCCO1.O=C(O)c1ncccc1S. The highest BCUT2D eigenvalue weighted by Gasteiger charge is 2.28.